The standard InChI is InChI=1S/C20H21N5O4S2/c1-13-5-4-6-15(11-13)22-20(30)21-14-7-9-16(10-8-14)31(26,27)25-17-12-18(28-2)24-19(23-17)29-3/h4-12H,1-3H3,(H2,21,22,30)(H,23,24,25). The Morgan fingerprint density at radius 1 is 0.935 bits per heavy atom. The number of ether oxygens (including phenoxy) is 2. The van der Waals surface area contributed by atoms with Gasteiger partial charge in [0.25, 0.3) is 10.0 Å². The fourth-order valence-corrected chi connectivity index (χ4v) is 3.81. The molecule has 0 atom stereocenters. The molecule has 9 nitrogen and oxygen atoms in total. The zero-order chi connectivity index (χ0) is 22.4. The predicted molar refractivity (Wildman–Crippen MR) is 123 cm³/mol. The molecule has 2 aromatic carbocycles. The number of hydrogen-bond acceptors (Lipinski definition) is 7. The zero-order valence-corrected chi connectivity index (χ0v) is 18.7. The minimum Gasteiger partial charge on any atom is -0.481 e. The fraction of sp³-hybridized carbons (Fsp3) is 0.150. The molecule has 0 amide bonds. The third-order valence-electron chi connectivity index (χ3n) is 4.01. The first kappa shape index (κ1) is 22.2. The molecule has 31 heavy (non-hydrogen) atoms. The molecular weight excluding hydrogens is 438 g/mol. The number of benzene rings is 2. The molecule has 0 unspecified atom stereocenters. The molecule has 1 aromatic heterocycles. The van der Waals surface area contributed by atoms with Crippen LogP contribution in [0.3, 0.4) is 0 Å². The Hall–Kier alpha value is -3.44. The molecule has 1 heterocycles. The third kappa shape index (κ3) is 6.03. The van der Waals surface area contributed by atoms with Crippen molar-refractivity contribution in [3.8, 4) is 11.9 Å². The second-order valence-corrected chi connectivity index (χ2v) is 8.45. The van der Waals surface area contributed by atoms with Crippen LogP contribution in [0.2, 0.25) is 0 Å². The van der Waals surface area contributed by atoms with Gasteiger partial charge in [0.15, 0.2) is 10.9 Å². The van der Waals surface area contributed by atoms with Gasteiger partial charge in [-0.2, -0.15) is 9.97 Å². The highest BCUT2D eigenvalue weighted by atomic mass is 32.2. The van der Waals surface area contributed by atoms with Crippen molar-refractivity contribution in [2.75, 3.05) is 29.6 Å². The van der Waals surface area contributed by atoms with Crippen LogP contribution in [-0.2, 0) is 10.0 Å². The molecule has 11 heteroatoms. The van der Waals surface area contributed by atoms with Crippen molar-refractivity contribution in [1.82, 2.24) is 9.97 Å². The van der Waals surface area contributed by atoms with E-state index in [0.29, 0.717) is 10.8 Å². The Balaban J connectivity index is 1.69. The maximum atomic E-state index is 12.7. The van der Waals surface area contributed by atoms with E-state index in [2.05, 4.69) is 25.3 Å². The van der Waals surface area contributed by atoms with E-state index in [4.69, 9.17) is 21.7 Å². The van der Waals surface area contributed by atoms with Crippen molar-refractivity contribution in [2.24, 2.45) is 0 Å². The highest BCUT2D eigenvalue weighted by Gasteiger charge is 2.17. The molecule has 162 valence electrons. The van der Waals surface area contributed by atoms with Crippen LogP contribution < -0.4 is 24.8 Å². The van der Waals surface area contributed by atoms with E-state index in [1.165, 1.54) is 32.4 Å². The number of sulfonamides is 1. The van der Waals surface area contributed by atoms with Crippen molar-refractivity contribution in [3.05, 3.63) is 60.2 Å². The first-order valence-corrected chi connectivity index (χ1v) is 10.9. The van der Waals surface area contributed by atoms with E-state index in [1.54, 1.807) is 12.1 Å². The molecular formula is C20H21N5O4S2. The monoisotopic (exact) mass is 459 g/mol. The summed E-state index contributed by atoms with van der Waals surface area (Å²) in [5.41, 5.74) is 2.60. The topological polar surface area (TPSA) is 114 Å². The minimum absolute atomic E-state index is 0.0220. The Morgan fingerprint density at radius 3 is 2.29 bits per heavy atom. The summed E-state index contributed by atoms with van der Waals surface area (Å²) in [6, 6.07) is 15.2. The largest absolute Gasteiger partial charge is 0.481 e. The molecule has 0 saturated heterocycles. The van der Waals surface area contributed by atoms with Crippen molar-refractivity contribution in [3.63, 3.8) is 0 Å². The highest BCUT2D eigenvalue weighted by molar-refractivity contribution is 7.92. The Labute approximate surface area is 185 Å². The quantitative estimate of drug-likeness (QED) is 0.457. The molecule has 0 aliphatic heterocycles. The first-order chi connectivity index (χ1) is 14.8. The average Bonchev–Trinajstić information content (AvgIpc) is 2.73. The van der Waals surface area contributed by atoms with Crippen LogP contribution in [0.1, 0.15) is 5.56 Å². The van der Waals surface area contributed by atoms with Gasteiger partial charge in [0.05, 0.1) is 19.1 Å². The van der Waals surface area contributed by atoms with Crippen LogP contribution in [0, 0.1) is 6.92 Å². The summed E-state index contributed by atoms with van der Waals surface area (Å²) in [6.07, 6.45) is 0. The lowest BCUT2D eigenvalue weighted by molar-refractivity contribution is 0.353. The first-order valence-electron chi connectivity index (χ1n) is 9.03. The molecule has 0 aliphatic rings. The van der Waals surface area contributed by atoms with Gasteiger partial charge in [-0.1, -0.05) is 12.1 Å². The van der Waals surface area contributed by atoms with Crippen LogP contribution >= 0.6 is 12.2 Å². The number of hydrogen-bond donors (Lipinski definition) is 3. The molecule has 3 rings (SSSR count). The van der Waals surface area contributed by atoms with E-state index in [9.17, 15) is 8.42 Å². The van der Waals surface area contributed by atoms with Gasteiger partial charge in [-0.3, -0.25) is 4.72 Å². The van der Waals surface area contributed by atoms with Crippen molar-refractivity contribution in [1.29, 1.82) is 0 Å². The number of aryl methyl sites for hydroxylation is 1. The zero-order valence-electron chi connectivity index (χ0n) is 17.0. The summed E-state index contributed by atoms with van der Waals surface area (Å²) in [4.78, 5) is 7.95. The van der Waals surface area contributed by atoms with Gasteiger partial charge in [0.1, 0.15) is 0 Å². The van der Waals surface area contributed by atoms with E-state index >= 15 is 0 Å². The Kier molecular flexibility index (Phi) is 6.88. The molecule has 3 aromatic rings. The van der Waals surface area contributed by atoms with Gasteiger partial charge in [0.2, 0.25) is 5.88 Å². The van der Waals surface area contributed by atoms with Crippen LogP contribution in [0.25, 0.3) is 0 Å². The second-order valence-electron chi connectivity index (χ2n) is 6.36. The molecule has 0 aliphatic carbocycles. The van der Waals surface area contributed by atoms with Gasteiger partial charge in [-0.25, -0.2) is 8.42 Å². The van der Waals surface area contributed by atoms with Gasteiger partial charge >= 0.3 is 6.01 Å². The van der Waals surface area contributed by atoms with Gasteiger partial charge in [-0.15, -0.1) is 0 Å². The molecule has 0 spiro atoms. The number of nitrogens with one attached hydrogen (secondary N) is 3. The molecule has 3 N–H and O–H groups in total. The maximum absolute atomic E-state index is 12.7. The summed E-state index contributed by atoms with van der Waals surface area (Å²) in [6.45, 7) is 1.99. The average molecular weight is 460 g/mol. The van der Waals surface area contributed by atoms with E-state index in [1.807, 2.05) is 31.2 Å². The second kappa shape index (κ2) is 9.58. The summed E-state index contributed by atoms with van der Waals surface area (Å²) in [5, 5.41) is 6.49. The Bertz CT molecular complexity index is 1160. The number of anilines is 3. The smallest absolute Gasteiger partial charge is 0.321 e. The van der Waals surface area contributed by atoms with E-state index in [0.717, 1.165) is 11.3 Å². The summed E-state index contributed by atoms with van der Waals surface area (Å²) < 4.78 is 37.8. The van der Waals surface area contributed by atoms with E-state index in [-0.39, 0.29) is 22.6 Å². The number of aromatic nitrogens is 2. The van der Waals surface area contributed by atoms with Gasteiger partial charge in [-0.05, 0) is 61.1 Å². The number of rotatable bonds is 7. The lowest BCUT2D eigenvalue weighted by atomic mass is 10.2. The Morgan fingerprint density at radius 2 is 1.65 bits per heavy atom. The van der Waals surface area contributed by atoms with E-state index < -0.39 is 10.0 Å². The number of methoxy groups -OCH3 is 2. The number of thiocarbonyl (C=S) groups is 1. The van der Waals surface area contributed by atoms with Crippen molar-refractivity contribution < 1.29 is 17.9 Å². The maximum Gasteiger partial charge on any atom is 0.321 e. The van der Waals surface area contributed by atoms with Crippen molar-refractivity contribution >= 4 is 44.5 Å². The molecule has 0 bridgehead atoms. The van der Waals surface area contributed by atoms with Crippen LogP contribution in [0.4, 0.5) is 17.2 Å². The molecule has 0 saturated carbocycles. The van der Waals surface area contributed by atoms with Crippen LogP contribution in [0.5, 0.6) is 11.9 Å². The molecule has 0 fully saturated rings. The number of nitrogens with zero attached hydrogens (tertiary/aromatic N) is 2. The van der Waals surface area contributed by atoms with Crippen molar-refractivity contribution in [2.45, 2.75) is 11.8 Å². The summed E-state index contributed by atoms with van der Waals surface area (Å²) in [5.74, 6) is 0.188. The normalized spacial score (nSPS) is 10.8. The predicted octanol–water partition coefficient (Wildman–Crippen LogP) is 3.41. The van der Waals surface area contributed by atoms with Gasteiger partial charge < -0.3 is 20.1 Å². The highest BCUT2D eigenvalue weighted by Crippen LogP contribution is 2.21. The SMILES string of the molecule is COc1cc(NS(=O)(=O)c2ccc(NC(=S)Nc3cccc(C)c3)cc2)nc(OC)n1. The van der Waals surface area contributed by atoms with Gasteiger partial charge in [0, 0.05) is 17.4 Å². The van der Waals surface area contributed by atoms with Crippen LogP contribution in [-0.4, -0.2) is 37.7 Å². The lowest BCUT2D eigenvalue weighted by Crippen LogP contribution is -2.19. The summed E-state index contributed by atoms with van der Waals surface area (Å²) in [7, 11) is -1.11. The molecule has 0 radical (unpaired) electrons. The lowest BCUT2D eigenvalue weighted by Gasteiger charge is -2.12. The third-order valence-corrected chi connectivity index (χ3v) is 5.59. The summed E-state index contributed by atoms with van der Waals surface area (Å²) >= 11 is 5.31. The fourth-order valence-electron chi connectivity index (χ4n) is 2.58. The minimum atomic E-state index is -3.89. The van der Waals surface area contributed by atoms with Crippen LogP contribution in [0.15, 0.2) is 59.5 Å².